The van der Waals surface area contributed by atoms with Gasteiger partial charge in [0.2, 0.25) is 11.8 Å². The smallest absolute Gasteiger partial charge is 0.248 e. The molecule has 136 valence electrons. The van der Waals surface area contributed by atoms with Crippen LogP contribution in [0, 0.1) is 5.92 Å². The van der Waals surface area contributed by atoms with Crippen molar-refractivity contribution in [2.45, 2.75) is 44.8 Å². The van der Waals surface area contributed by atoms with Crippen molar-refractivity contribution in [2.24, 2.45) is 5.92 Å². The van der Waals surface area contributed by atoms with Crippen LogP contribution in [0.3, 0.4) is 0 Å². The molecule has 0 aromatic heterocycles. The van der Waals surface area contributed by atoms with E-state index in [2.05, 4.69) is 5.32 Å². The minimum Gasteiger partial charge on any atom is -0.377 e. The molecule has 6 heteroatoms. The Morgan fingerprint density at radius 3 is 2.80 bits per heavy atom. The second kappa shape index (κ2) is 8.23. The first-order chi connectivity index (χ1) is 12.1. The van der Waals surface area contributed by atoms with Crippen LogP contribution in [0.4, 0.5) is 5.69 Å². The summed E-state index contributed by atoms with van der Waals surface area (Å²) >= 11 is 1.65. The van der Waals surface area contributed by atoms with Crippen LogP contribution >= 0.6 is 11.8 Å². The van der Waals surface area contributed by atoms with Crippen LogP contribution in [0.1, 0.15) is 44.3 Å². The Morgan fingerprint density at radius 1 is 1.32 bits per heavy atom. The molecule has 2 fully saturated rings. The van der Waals surface area contributed by atoms with E-state index < -0.39 is 0 Å². The van der Waals surface area contributed by atoms with Gasteiger partial charge < -0.3 is 15.0 Å². The zero-order valence-corrected chi connectivity index (χ0v) is 15.7. The summed E-state index contributed by atoms with van der Waals surface area (Å²) in [6.07, 6.45) is 4.15. The van der Waals surface area contributed by atoms with Gasteiger partial charge in [0.25, 0.3) is 0 Å². The van der Waals surface area contributed by atoms with Gasteiger partial charge in [-0.05, 0) is 37.5 Å². The predicted molar refractivity (Wildman–Crippen MR) is 100 cm³/mol. The number of ether oxygens (including phenoxy) is 1. The van der Waals surface area contributed by atoms with Crippen molar-refractivity contribution in [3.05, 3.63) is 29.8 Å². The summed E-state index contributed by atoms with van der Waals surface area (Å²) in [7, 11) is 1.66. The lowest BCUT2D eigenvalue weighted by molar-refractivity contribution is -0.139. The predicted octanol–water partition coefficient (Wildman–Crippen LogP) is 3.42. The van der Waals surface area contributed by atoms with Crippen LogP contribution in [0.2, 0.25) is 0 Å². The molecule has 1 saturated carbocycles. The third-order valence-electron chi connectivity index (χ3n) is 5.15. The van der Waals surface area contributed by atoms with Crippen LogP contribution in [0.5, 0.6) is 0 Å². The lowest BCUT2D eigenvalue weighted by Crippen LogP contribution is -2.46. The van der Waals surface area contributed by atoms with Crippen molar-refractivity contribution in [3.63, 3.8) is 0 Å². The van der Waals surface area contributed by atoms with Gasteiger partial charge in [0, 0.05) is 24.5 Å². The molecule has 2 amide bonds. The van der Waals surface area contributed by atoms with E-state index in [-0.39, 0.29) is 29.9 Å². The molecule has 3 rings (SSSR count). The highest BCUT2D eigenvalue weighted by atomic mass is 32.2. The first-order valence-corrected chi connectivity index (χ1v) is 10.1. The molecule has 2 unspecified atom stereocenters. The molecule has 5 nitrogen and oxygen atoms in total. The summed E-state index contributed by atoms with van der Waals surface area (Å²) in [5.41, 5.74) is 1.76. The number of nitrogens with one attached hydrogen (secondary N) is 1. The van der Waals surface area contributed by atoms with Crippen LogP contribution in [-0.4, -0.2) is 41.5 Å². The molecular formula is C19H26N2O3S. The Hall–Kier alpha value is -1.53. The van der Waals surface area contributed by atoms with Crippen molar-refractivity contribution in [2.75, 3.05) is 24.1 Å². The van der Waals surface area contributed by atoms with Crippen molar-refractivity contribution in [1.82, 2.24) is 4.90 Å². The second-order valence-electron chi connectivity index (χ2n) is 6.80. The zero-order valence-electron chi connectivity index (χ0n) is 14.9. The lowest BCUT2D eigenvalue weighted by atomic mass is 10.1. The van der Waals surface area contributed by atoms with Gasteiger partial charge in [-0.3, -0.25) is 9.59 Å². The summed E-state index contributed by atoms with van der Waals surface area (Å²) < 4.78 is 5.33. The minimum absolute atomic E-state index is 0.0284. The van der Waals surface area contributed by atoms with Crippen molar-refractivity contribution >= 4 is 29.3 Å². The Morgan fingerprint density at radius 2 is 2.08 bits per heavy atom. The maximum Gasteiger partial charge on any atom is 0.248 e. The van der Waals surface area contributed by atoms with E-state index in [4.69, 9.17) is 4.74 Å². The van der Waals surface area contributed by atoms with Gasteiger partial charge in [0.1, 0.15) is 6.04 Å². The van der Waals surface area contributed by atoms with Crippen LogP contribution < -0.4 is 5.32 Å². The van der Waals surface area contributed by atoms with Crippen molar-refractivity contribution in [1.29, 1.82) is 0 Å². The molecule has 0 spiro atoms. The number of carbonyl (C=O) groups excluding carboxylic acids is 2. The first kappa shape index (κ1) is 18.3. The van der Waals surface area contributed by atoms with Gasteiger partial charge in [-0.1, -0.05) is 25.0 Å². The molecular weight excluding hydrogens is 336 g/mol. The third kappa shape index (κ3) is 4.18. The zero-order chi connectivity index (χ0) is 17.8. The highest BCUT2D eigenvalue weighted by Gasteiger charge is 2.38. The number of nitrogens with zero attached hydrogens (tertiary/aromatic N) is 1. The number of benzene rings is 1. The molecule has 2 atom stereocenters. The van der Waals surface area contributed by atoms with E-state index in [9.17, 15) is 9.59 Å². The molecule has 0 bridgehead atoms. The number of carbonyl (C=O) groups is 2. The molecule has 0 radical (unpaired) electrons. The summed E-state index contributed by atoms with van der Waals surface area (Å²) in [4.78, 5) is 27.2. The topological polar surface area (TPSA) is 58.6 Å². The standard InChI is InChI=1S/C19H26N2O3S/c1-13(24-2)15-8-5-9-16(10-15)20-18(22)17-11-25-12-21(17)19(23)14-6-3-4-7-14/h5,8-10,13-14,17H,3-4,6-7,11-12H2,1-2H3,(H,20,22). The molecule has 1 saturated heterocycles. The maximum absolute atomic E-state index is 12.7. The van der Waals surface area contributed by atoms with Gasteiger partial charge in [0.15, 0.2) is 0 Å². The number of anilines is 1. The fourth-order valence-corrected chi connectivity index (χ4v) is 4.68. The molecule has 1 N–H and O–H groups in total. The van der Waals surface area contributed by atoms with Crippen LogP contribution in [-0.2, 0) is 14.3 Å². The number of amides is 2. The first-order valence-electron chi connectivity index (χ1n) is 8.92. The Kier molecular flexibility index (Phi) is 6.02. The fourth-order valence-electron chi connectivity index (χ4n) is 3.52. The number of hydrogen-bond donors (Lipinski definition) is 1. The molecule has 1 aliphatic heterocycles. The Labute approximate surface area is 153 Å². The largest absolute Gasteiger partial charge is 0.377 e. The highest BCUT2D eigenvalue weighted by Crippen LogP contribution is 2.31. The SMILES string of the molecule is COC(C)c1cccc(NC(=O)C2CSCN2C(=O)C2CCCC2)c1. The molecule has 1 aliphatic carbocycles. The van der Waals surface area contributed by atoms with Crippen LogP contribution in [0.25, 0.3) is 0 Å². The van der Waals surface area contributed by atoms with E-state index in [1.165, 1.54) is 0 Å². The van der Waals surface area contributed by atoms with Crippen molar-refractivity contribution in [3.8, 4) is 0 Å². The van der Waals surface area contributed by atoms with E-state index in [1.807, 2.05) is 31.2 Å². The number of hydrogen-bond acceptors (Lipinski definition) is 4. The number of methoxy groups -OCH3 is 1. The number of thioether (sulfide) groups is 1. The Balaban J connectivity index is 1.66. The lowest BCUT2D eigenvalue weighted by Gasteiger charge is -2.26. The van der Waals surface area contributed by atoms with Crippen LogP contribution in [0.15, 0.2) is 24.3 Å². The molecule has 1 aromatic carbocycles. The number of rotatable bonds is 5. The van der Waals surface area contributed by atoms with Gasteiger partial charge in [0.05, 0.1) is 12.0 Å². The van der Waals surface area contributed by atoms with E-state index >= 15 is 0 Å². The molecule has 1 aromatic rings. The summed E-state index contributed by atoms with van der Waals surface area (Å²) in [5, 5.41) is 2.98. The third-order valence-corrected chi connectivity index (χ3v) is 6.16. The van der Waals surface area contributed by atoms with Crippen molar-refractivity contribution < 1.29 is 14.3 Å². The van der Waals surface area contributed by atoms with E-state index in [1.54, 1.807) is 23.8 Å². The summed E-state index contributed by atoms with van der Waals surface area (Å²) in [6.45, 7) is 1.97. The summed E-state index contributed by atoms with van der Waals surface area (Å²) in [5.74, 6) is 1.45. The summed E-state index contributed by atoms with van der Waals surface area (Å²) in [6, 6.07) is 7.31. The second-order valence-corrected chi connectivity index (χ2v) is 7.80. The quantitative estimate of drug-likeness (QED) is 0.872. The Bertz CT molecular complexity index is 631. The van der Waals surface area contributed by atoms with Gasteiger partial charge in [-0.15, -0.1) is 11.8 Å². The molecule has 2 aliphatic rings. The van der Waals surface area contributed by atoms with E-state index in [0.29, 0.717) is 11.6 Å². The van der Waals surface area contributed by atoms with Gasteiger partial charge in [-0.2, -0.15) is 0 Å². The van der Waals surface area contributed by atoms with E-state index in [0.717, 1.165) is 36.9 Å². The minimum atomic E-state index is -0.374. The average molecular weight is 362 g/mol. The monoisotopic (exact) mass is 362 g/mol. The van der Waals surface area contributed by atoms with Gasteiger partial charge >= 0.3 is 0 Å². The fraction of sp³-hybridized carbons (Fsp3) is 0.579. The van der Waals surface area contributed by atoms with Gasteiger partial charge in [-0.25, -0.2) is 0 Å². The maximum atomic E-state index is 12.7. The molecule has 25 heavy (non-hydrogen) atoms. The average Bonchev–Trinajstić information content (AvgIpc) is 3.32. The molecule has 1 heterocycles. The highest BCUT2D eigenvalue weighted by molar-refractivity contribution is 7.99. The normalized spacial score (nSPS) is 22.2.